The number of phenolic OH excluding ortho intramolecular Hbond substituents is 1. The zero-order valence-corrected chi connectivity index (χ0v) is 9.93. The maximum atomic E-state index is 10.7. The van der Waals surface area contributed by atoms with Gasteiger partial charge in [-0.2, -0.15) is 0 Å². The zero-order valence-electron chi connectivity index (χ0n) is 9.93. The molecule has 1 N–H and O–H groups in total. The molecule has 0 saturated heterocycles. The van der Waals surface area contributed by atoms with Gasteiger partial charge < -0.3 is 5.11 Å². The van der Waals surface area contributed by atoms with Crippen LogP contribution in [0, 0.1) is 5.92 Å². The summed E-state index contributed by atoms with van der Waals surface area (Å²) in [4.78, 5) is 10.7. The first-order valence-electron chi connectivity index (χ1n) is 6.24. The number of aromatic hydroxyl groups is 1. The van der Waals surface area contributed by atoms with Gasteiger partial charge in [-0.3, -0.25) is 4.79 Å². The number of rotatable bonds is 4. The Morgan fingerprint density at radius 3 is 2.59 bits per heavy atom. The molecule has 0 aliphatic heterocycles. The molecule has 0 bridgehead atoms. The molecule has 1 aliphatic rings. The van der Waals surface area contributed by atoms with Gasteiger partial charge in [-0.25, -0.2) is 0 Å². The third-order valence-electron chi connectivity index (χ3n) is 3.35. The van der Waals surface area contributed by atoms with E-state index in [1.807, 2.05) is 6.08 Å². The molecule has 2 heteroatoms. The van der Waals surface area contributed by atoms with Gasteiger partial charge in [0.25, 0.3) is 0 Å². The fourth-order valence-corrected chi connectivity index (χ4v) is 2.47. The van der Waals surface area contributed by atoms with Crippen LogP contribution in [0.4, 0.5) is 0 Å². The smallest absolute Gasteiger partial charge is 0.150 e. The van der Waals surface area contributed by atoms with Crippen LogP contribution >= 0.6 is 0 Å². The topological polar surface area (TPSA) is 37.3 Å². The minimum absolute atomic E-state index is 0.148. The van der Waals surface area contributed by atoms with Crippen molar-refractivity contribution in [1.82, 2.24) is 0 Å². The Hall–Kier alpha value is -1.57. The molecular weight excluding hydrogens is 212 g/mol. The monoisotopic (exact) mass is 230 g/mol. The summed E-state index contributed by atoms with van der Waals surface area (Å²) < 4.78 is 0. The van der Waals surface area contributed by atoms with E-state index in [2.05, 4.69) is 6.08 Å². The Morgan fingerprint density at radius 1 is 1.18 bits per heavy atom. The molecule has 1 aromatic carbocycles. The second-order valence-electron chi connectivity index (χ2n) is 4.76. The highest BCUT2D eigenvalue weighted by molar-refractivity contribution is 5.77. The molecular formula is C15H18O2. The molecule has 1 saturated carbocycles. The molecule has 0 spiro atoms. The van der Waals surface area contributed by atoms with Crippen molar-refractivity contribution in [3.8, 4) is 5.75 Å². The van der Waals surface area contributed by atoms with E-state index in [0.29, 0.717) is 5.56 Å². The fraction of sp³-hybridized carbons (Fsp3) is 0.400. The first kappa shape index (κ1) is 11.9. The molecule has 1 aliphatic carbocycles. The van der Waals surface area contributed by atoms with Gasteiger partial charge in [-0.15, -0.1) is 0 Å². The van der Waals surface area contributed by atoms with Crippen molar-refractivity contribution in [3.05, 3.63) is 35.4 Å². The van der Waals surface area contributed by atoms with Crippen molar-refractivity contribution in [2.75, 3.05) is 0 Å². The highest BCUT2D eigenvalue weighted by Gasteiger charge is 2.12. The quantitative estimate of drug-likeness (QED) is 0.799. The molecule has 17 heavy (non-hydrogen) atoms. The van der Waals surface area contributed by atoms with Gasteiger partial charge in [0, 0.05) is 5.56 Å². The van der Waals surface area contributed by atoms with Crippen molar-refractivity contribution >= 4 is 12.4 Å². The third kappa shape index (κ3) is 3.45. The molecule has 0 unspecified atom stereocenters. The Labute approximate surface area is 102 Å². The molecule has 90 valence electrons. The van der Waals surface area contributed by atoms with Crippen LogP contribution in [0.15, 0.2) is 24.3 Å². The highest BCUT2D eigenvalue weighted by atomic mass is 16.3. The van der Waals surface area contributed by atoms with Crippen molar-refractivity contribution < 1.29 is 9.90 Å². The number of hydrogen-bond acceptors (Lipinski definition) is 2. The normalized spacial score (nSPS) is 16.7. The lowest BCUT2D eigenvalue weighted by atomic mass is 10.0. The number of aldehydes is 1. The van der Waals surface area contributed by atoms with E-state index in [4.69, 9.17) is 0 Å². The summed E-state index contributed by atoms with van der Waals surface area (Å²) >= 11 is 0. The van der Waals surface area contributed by atoms with Crippen LogP contribution in [-0.2, 0) is 0 Å². The SMILES string of the molecule is O=Cc1cc(O)cc(C=CCC2CCCC2)c1. The largest absolute Gasteiger partial charge is 0.508 e. The van der Waals surface area contributed by atoms with Crippen molar-refractivity contribution in [1.29, 1.82) is 0 Å². The third-order valence-corrected chi connectivity index (χ3v) is 3.35. The van der Waals surface area contributed by atoms with Crippen LogP contribution in [0.1, 0.15) is 48.0 Å². The summed E-state index contributed by atoms with van der Waals surface area (Å²) in [6, 6.07) is 4.94. The number of phenols is 1. The summed E-state index contributed by atoms with van der Waals surface area (Å²) in [6.07, 6.45) is 11.4. The van der Waals surface area contributed by atoms with Crippen LogP contribution in [-0.4, -0.2) is 11.4 Å². The van der Waals surface area contributed by atoms with Gasteiger partial charge >= 0.3 is 0 Å². The summed E-state index contributed by atoms with van der Waals surface area (Å²) in [5, 5.41) is 9.44. The maximum Gasteiger partial charge on any atom is 0.150 e. The second-order valence-corrected chi connectivity index (χ2v) is 4.76. The zero-order chi connectivity index (χ0) is 12.1. The number of carbonyl (C=O) groups excluding carboxylic acids is 1. The average Bonchev–Trinajstić information content (AvgIpc) is 2.81. The molecule has 0 amide bonds. The lowest BCUT2D eigenvalue weighted by Crippen LogP contribution is -1.89. The lowest BCUT2D eigenvalue weighted by molar-refractivity contribution is 0.112. The van der Waals surface area contributed by atoms with Gasteiger partial charge in [-0.05, 0) is 36.1 Å². The highest BCUT2D eigenvalue weighted by Crippen LogP contribution is 2.28. The Kier molecular flexibility index (Phi) is 3.97. The first-order chi connectivity index (χ1) is 8.28. The van der Waals surface area contributed by atoms with Gasteiger partial charge in [-0.1, -0.05) is 37.8 Å². The predicted octanol–water partition coefficient (Wildman–Crippen LogP) is 3.80. The van der Waals surface area contributed by atoms with Crippen LogP contribution in [0.5, 0.6) is 5.75 Å². The fourth-order valence-electron chi connectivity index (χ4n) is 2.47. The van der Waals surface area contributed by atoms with E-state index in [-0.39, 0.29) is 5.75 Å². The molecule has 1 aromatic rings. The maximum absolute atomic E-state index is 10.7. The molecule has 0 atom stereocenters. The number of benzene rings is 1. The Morgan fingerprint density at radius 2 is 1.88 bits per heavy atom. The Bertz CT molecular complexity index is 415. The van der Waals surface area contributed by atoms with Gasteiger partial charge in [0.15, 0.2) is 0 Å². The van der Waals surface area contributed by atoms with Crippen molar-refractivity contribution in [3.63, 3.8) is 0 Å². The lowest BCUT2D eigenvalue weighted by Gasteiger charge is -2.03. The van der Waals surface area contributed by atoms with E-state index >= 15 is 0 Å². The van der Waals surface area contributed by atoms with E-state index in [0.717, 1.165) is 24.2 Å². The molecule has 0 aromatic heterocycles. The molecule has 2 nitrogen and oxygen atoms in total. The standard InChI is InChI=1S/C15H18O2/c16-11-14-8-13(9-15(17)10-14)7-3-6-12-4-1-2-5-12/h3,7-12,17H,1-2,4-6H2. The molecule has 0 heterocycles. The van der Waals surface area contributed by atoms with E-state index in [1.165, 1.54) is 31.7 Å². The van der Waals surface area contributed by atoms with Gasteiger partial charge in [0.05, 0.1) is 0 Å². The molecule has 1 fully saturated rings. The molecule has 0 radical (unpaired) electrons. The van der Waals surface area contributed by atoms with E-state index < -0.39 is 0 Å². The minimum atomic E-state index is 0.148. The summed E-state index contributed by atoms with van der Waals surface area (Å²) in [7, 11) is 0. The number of allylic oxidation sites excluding steroid dienone is 1. The Balaban J connectivity index is 1.99. The summed E-state index contributed by atoms with van der Waals surface area (Å²) in [6.45, 7) is 0. The summed E-state index contributed by atoms with van der Waals surface area (Å²) in [5.74, 6) is 0.976. The predicted molar refractivity (Wildman–Crippen MR) is 69.1 cm³/mol. The number of carbonyl (C=O) groups is 1. The van der Waals surface area contributed by atoms with Crippen LogP contribution in [0.3, 0.4) is 0 Å². The first-order valence-corrected chi connectivity index (χ1v) is 6.24. The minimum Gasteiger partial charge on any atom is -0.508 e. The van der Waals surface area contributed by atoms with Crippen molar-refractivity contribution in [2.45, 2.75) is 32.1 Å². The van der Waals surface area contributed by atoms with Crippen LogP contribution < -0.4 is 0 Å². The van der Waals surface area contributed by atoms with E-state index in [9.17, 15) is 9.90 Å². The van der Waals surface area contributed by atoms with Gasteiger partial charge in [0.2, 0.25) is 0 Å². The summed E-state index contributed by atoms with van der Waals surface area (Å²) in [5.41, 5.74) is 1.41. The van der Waals surface area contributed by atoms with Gasteiger partial charge in [0.1, 0.15) is 12.0 Å². The van der Waals surface area contributed by atoms with Crippen molar-refractivity contribution in [2.24, 2.45) is 5.92 Å². The average molecular weight is 230 g/mol. The number of hydrogen-bond donors (Lipinski definition) is 1. The second kappa shape index (κ2) is 5.67. The van der Waals surface area contributed by atoms with E-state index in [1.54, 1.807) is 12.1 Å². The van der Waals surface area contributed by atoms with Crippen LogP contribution in [0.2, 0.25) is 0 Å². The molecule has 2 rings (SSSR count). The van der Waals surface area contributed by atoms with Crippen LogP contribution in [0.25, 0.3) is 6.08 Å².